The van der Waals surface area contributed by atoms with Crippen LogP contribution in [0.25, 0.3) is 0 Å². The lowest BCUT2D eigenvalue weighted by Crippen LogP contribution is -2.26. The molecule has 0 saturated heterocycles. The van der Waals surface area contributed by atoms with Crippen LogP contribution in [-0.2, 0) is 0 Å². The molecule has 146 valence electrons. The molecule has 1 aromatic carbocycles. The fourth-order valence-electron chi connectivity index (χ4n) is 2.64. The van der Waals surface area contributed by atoms with Gasteiger partial charge in [-0.3, -0.25) is 10.1 Å². The number of anilines is 3. The molecule has 27 heavy (non-hydrogen) atoms. The van der Waals surface area contributed by atoms with Crippen LogP contribution in [0.3, 0.4) is 0 Å². The minimum Gasteiger partial charge on any atom is -0.351 e. The van der Waals surface area contributed by atoms with Gasteiger partial charge in [-0.25, -0.2) is 9.97 Å². The fraction of sp³-hybridized carbons (Fsp3) is 0.444. The van der Waals surface area contributed by atoms with Crippen molar-refractivity contribution in [2.75, 3.05) is 29.6 Å². The van der Waals surface area contributed by atoms with Crippen molar-refractivity contribution >= 4 is 50.7 Å². The predicted molar refractivity (Wildman–Crippen MR) is 115 cm³/mol. The van der Waals surface area contributed by atoms with Crippen molar-refractivity contribution in [1.82, 2.24) is 9.97 Å². The number of nitrogens with one attached hydrogen (secondary N) is 1. The van der Waals surface area contributed by atoms with Gasteiger partial charge in [-0.05, 0) is 60.7 Å². The smallest absolute Gasteiger partial charge is 0.351 e. The van der Waals surface area contributed by atoms with Crippen LogP contribution >= 0.6 is 27.7 Å². The highest BCUT2D eigenvalue weighted by molar-refractivity contribution is 9.10. The van der Waals surface area contributed by atoms with E-state index >= 15 is 0 Å². The topological polar surface area (TPSA) is 84.2 Å². The van der Waals surface area contributed by atoms with Crippen molar-refractivity contribution < 1.29 is 4.92 Å². The molecule has 1 N–H and O–H groups in total. The molecular weight excluding hydrogens is 430 g/mol. The average molecular weight is 454 g/mol. The van der Waals surface area contributed by atoms with E-state index in [2.05, 4.69) is 38.1 Å². The van der Waals surface area contributed by atoms with E-state index in [1.165, 1.54) is 0 Å². The molecule has 0 atom stereocenters. The van der Waals surface area contributed by atoms with Crippen LogP contribution in [0.2, 0.25) is 0 Å². The number of rotatable bonds is 9. The van der Waals surface area contributed by atoms with Crippen molar-refractivity contribution in [2.45, 2.75) is 38.5 Å². The van der Waals surface area contributed by atoms with Crippen molar-refractivity contribution in [2.24, 2.45) is 0 Å². The number of unbranched alkanes of at least 4 members (excludes halogenated alkanes) is 1. The number of hydrogen-bond donors (Lipinski definition) is 1. The van der Waals surface area contributed by atoms with Crippen LogP contribution in [0, 0.1) is 17.0 Å². The molecule has 0 aliphatic carbocycles. The van der Waals surface area contributed by atoms with Gasteiger partial charge >= 0.3 is 5.69 Å². The molecule has 7 nitrogen and oxygen atoms in total. The summed E-state index contributed by atoms with van der Waals surface area (Å²) < 4.78 is 0.819. The zero-order valence-electron chi connectivity index (χ0n) is 16.0. The highest BCUT2D eigenvalue weighted by atomic mass is 79.9. The second-order valence-electron chi connectivity index (χ2n) is 5.95. The van der Waals surface area contributed by atoms with Crippen molar-refractivity contribution in [3.63, 3.8) is 0 Å². The van der Waals surface area contributed by atoms with E-state index in [0.717, 1.165) is 34.4 Å². The van der Waals surface area contributed by atoms with E-state index in [1.54, 1.807) is 18.7 Å². The molecule has 1 heterocycles. The molecule has 0 bridgehead atoms. The van der Waals surface area contributed by atoms with E-state index in [4.69, 9.17) is 0 Å². The van der Waals surface area contributed by atoms with Crippen LogP contribution in [-0.4, -0.2) is 34.2 Å². The number of halogens is 1. The van der Waals surface area contributed by atoms with Gasteiger partial charge in [-0.2, -0.15) is 0 Å². The number of aromatic nitrogens is 2. The highest BCUT2D eigenvalue weighted by Crippen LogP contribution is 2.37. The molecule has 0 amide bonds. The maximum atomic E-state index is 11.9. The molecule has 0 fully saturated rings. The van der Waals surface area contributed by atoms with Crippen LogP contribution in [0.15, 0.2) is 27.6 Å². The largest absolute Gasteiger partial charge is 0.353 e. The Balaban J connectivity index is 2.51. The molecule has 0 radical (unpaired) electrons. The number of nitro groups is 1. The lowest BCUT2D eigenvalue weighted by atomic mass is 10.2. The van der Waals surface area contributed by atoms with Crippen molar-refractivity contribution in [1.29, 1.82) is 0 Å². The molecule has 9 heteroatoms. The molecule has 0 unspecified atom stereocenters. The van der Waals surface area contributed by atoms with Gasteiger partial charge in [-0.15, -0.1) is 11.8 Å². The minimum absolute atomic E-state index is 0.0978. The number of hydrogen-bond acceptors (Lipinski definition) is 7. The van der Waals surface area contributed by atoms with Gasteiger partial charge in [0.1, 0.15) is 5.82 Å². The van der Waals surface area contributed by atoms with E-state index in [9.17, 15) is 10.1 Å². The van der Waals surface area contributed by atoms with E-state index in [-0.39, 0.29) is 11.5 Å². The summed E-state index contributed by atoms with van der Waals surface area (Å²) in [4.78, 5) is 23.2. The first-order chi connectivity index (χ1) is 12.9. The summed E-state index contributed by atoms with van der Waals surface area (Å²) in [6, 6.07) is 5.80. The van der Waals surface area contributed by atoms with Crippen molar-refractivity contribution in [3.8, 4) is 0 Å². The summed E-state index contributed by atoms with van der Waals surface area (Å²) in [6.45, 7) is 7.18. The van der Waals surface area contributed by atoms with Crippen LogP contribution in [0.5, 0.6) is 0 Å². The molecule has 1 aromatic heterocycles. The number of benzene rings is 1. The lowest BCUT2D eigenvalue weighted by Gasteiger charge is -2.22. The highest BCUT2D eigenvalue weighted by Gasteiger charge is 2.28. The van der Waals surface area contributed by atoms with Gasteiger partial charge in [0, 0.05) is 22.5 Å². The Labute approximate surface area is 172 Å². The summed E-state index contributed by atoms with van der Waals surface area (Å²) in [5.41, 5.74) is 0.621. The average Bonchev–Trinajstić information content (AvgIpc) is 2.63. The van der Waals surface area contributed by atoms with Crippen LogP contribution in [0.4, 0.5) is 23.0 Å². The molecule has 0 spiro atoms. The third-order valence-electron chi connectivity index (χ3n) is 4.05. The van der Waals surface area contributed by atoms with E-state index in [0.29, 0.717) is 18.2 Å². The summed E-state index contributed by atoms with van der Waals surface area (Å²) in [5.74, 6) is 1.06. The van der Waals surface area contributed by atoms with Gasteiger partial charge < -0.3 is 10.2 Å². The quantitative estimate of drug-likeness (QED) is 0.302. The molecular formula is C18H24BrN5O2S. The second-order valence-corrected chi connectivity index (χ2v) is 7.69. The third-order valence-corrected chi connectivity index (χ3v) is 5.43. The van der Waals surface area contributed by atoms with Crippen LogP contribution in [0.1, 0.15) is 32.5 Å². The van der Waals surface area contributed by atoms with Gasteiger partial charge in [0.25, 0.3) is 0 Å². The Kier molecular flexibility index (Phi) is 7.85. The summed E-state index contributed by atoms with van der Waals surface area (Å²) in [7, 11) is 0. The Hall–Kier alpha value is -1.87. The standard InChI is InChI=1S/C18H24BrN5O2S/c1-5-7-10-23(6-2)18-16(24(25)26)17(20-12(3)21-18)22-15-9-8-13(27-4)11-14(15)19/h8-9,11H,5-7,10H2,1-4H3,(H,20,21,22). The summed E-state index contributed by atoms with van der Waals surface area (Å²) in [5, 5.41) is 15.0. The molecule has 0 aliphatic rings. The van der Waals surface area contributed by atoms with Crippen molar-refractivity contribution in [3.05, 3.63) is 38.6 Å². The third kappa shape index (κ3) is 5.32. The predicted octanol–water partition coefficient (Wildman–Crippen LogP) is 5.55. The Morgan fingerprint density at radius 1 is 1.33 bits per heavy atom. The number of nitrogens with zero attached hydrogens (tertiary/aromatic N) is 4. The zero-order valence-corrected chi connectivity index (χ0v) is 18.4. The molecule has 2 aromatic rings. The number of thioether (sulfide) groups is 1. The monoisotopic (exact) mass is 453 g/mol. The first kappa shape index (κ1) is 21.4. The molecule has 0 aliphatic heterocycles. The Bertz CT molecular complexity index is 819. The molecule has 2 rings (SSSR count). The summed E-state index contributed by atoms with van der Waals surface area (Å²) >= 11 is 5.15. The van der Waals surface area contributed by atoms with Gasteiger partial charge in [0.05, 0.1) is 10.6 Å². The maximum Gasteiger partial charge on any atom is 0.353 e. The van der Waals surface area contributed by atoms with Gasteiger partial charge in [0.2, 0.25) is 11.6 Å². The fourth-order valence-corrected chi connectivity index (χ4v) is 3.71. The first-order valence-corrected chi connectivity index (χ1v) is 10.8. The lowest BCUT2D eigenvalue weighted by molar-refractivity contribution is -0.383. The van der Waals surface area contributed by atoms with E-state index < -0.39 is 4.92 Å². The van der Waals surface area contributed by atoms with Gasteiger partial charge in [-0.1, -0.05) is 13.3 Å². The first-order valence-electron chi connectivity index (χ1n) is 8.79. The number of aryl methyl sites for hydroxylation is 1. The Morgan fingerprint density at radius 3 is 2.63 bits per heavy atom. The molecule has 0 saturated carbocycles. The van der Waals surface area contributed by atoms with Gasteiger partial charge in [0.15, 0.2) is 0 Å². The van der Waals surface area contributed by atoms with Crippen LogP contribution < -0.4 is 10.2 Å². The summed E-state index contributed by atoms with van der Waals surface area (Å²) in [6.07, 6.45) is 3.95. The second kappa shape index (κ2) is 9.89. The normalized spacial score (nSPS) is 10.7. The Morgan fingerprint density at radius 2 is 2.07 bits per heavy atom. The SMILES string of the molecule is CCCCN(CC)c1nc(C)nc(Nc2ccc(SC)cc2Br)c1[N+](=O)[O-]. The van der Waals surface area contributed by atoms with E-state index in [1.807, 2.05) is 36.3 Å². The maximum absolute atomic E-state index is 11.9. The zero-order chi connectivity index (χ0) is 20.0. The minimum atomic E-state index is -0.407.